The van der Waals surface area contributed by atoms with Crippen molar-refractivity contribution in [3.63, 3.8) is 0 Å². The van der Waals surface area contributed by atoms with Gasteiger partial charge in [0.1, 0.15) is 5.54 Å². The molecule has 0 saturated heterocycles. The van der Waals surface area contributed by atoms with Gasteiger partial charge in [-0.25, -0.2) is 0 Å². The summed E-state index contributed by atoms with van der Waals surface area (Å²) in [5.41, 5.74) is 5.35. The smallest absolute Gasteiger partial charge is 0.229 e. The van der Waals surface area contributed by atoms with Gasteiger partial charge in [0, 0.05) is 13.0 Å². The Balaban J connectivity index is 2.11. The monoisotopic (exact) mass is 211 g/mol. The number of rotatable bonds is 4. The summed E-state index contributed by atoms with van der Waals surface area (Å²) in [5, 5.41) is 3.92. The summed E-state index contributed by atoms with van der Waals surface area (Å²) in [4.78, 5) is 4.34. The summed E-state index contributed by atoms with van der Waals surface area (Å²) < 4.78 is 10.2. The Morgan fingerprint density at radius 3 is 2.87 bits per heavy atom. The number of methoxy groups -OCH3 is 1. The maximum absolute atomic E-state index is 6.01. The van der Waals surface area contributed by atoms with E-state index in [0.717, 1.165) is 18.7 Å². The molecular weight excluding hydrogens is 194 g/mol. The Kier molecular flexibility index (Phi) is 2.75. The number of hydrogen-bond acceptors (Lipinski definition) is 5. The zero-order valence-corrected chi connectivity index (χ0v) is 9.19. The Hall–Kier alpha value is -0.940. The first-order chi connectivity index (χ1) is 7.13. The summed E-state index contributed by atoms with van der Waals surface area (Å²) in [6.07, 6.45) is 3.54. The molecule has 1 aliphatic carbocycles. The van der Waals surface area contributed by atoms with Crippen LogP contribution in [-0.4, -0.2) is 23.9 Å². The molecule has 1 unspecified atom stereocenters. The molecule has 1 fully saturated rings. The third-order valence-electron chi connectivity index (χ3n) is 2.85. The van der Waals surface area contributed by atoms with E-state index < -0.39 is 5.54 Å². The number of nitrogens with two attached hydrogens (primary N) is 1. The highest BCUT2D eigenvalue weighted by Gasteiger charge is 2.31. The lowest BCUT2D eigenvalue weighted by Gasteiger charge is -2.21. The number of nitrogens with zero attached hydrogens (tertiary/aromatic N) is 2. The highest BCUT2D eigenvalue weighted by molar-refractivity contribution is 5.05. The Labute approximate surface area is 89.0 Å². The van der Waals surface area contributed by atoms with E-state index in [2.05, 4.69) is 10.1 Å². The SMILES string of the molecule is COCC(C)(N)c1noc(C2CCC2)n1. The number of hydrogen-bond donors (Lipinski definition) is 1. The standard InChI is InChI=1S/C10H17N3O2/c1-10(11,6-14-2)9-12-8(15-13-9)7-4-3-5-7/h7H,3-6,11H2,1-2H3. The molecule has 0 spiro atoms. The molecule has 5 nitrogen and oxygen atoms in total. The molecule has 1 heterocycles. The van der Waals surface area contributed by atoms with Gasteiger partial charge in [0.25, 0.3) is 0 Å². The maximum atomic E-state index is 6.01. The Morgan fingerprint density at radius 2 is 2.33 bits per heavy atom. The van der Waals surface area contributed by atoms with Crippen molar-refractivity contribution in [2.45, 2.75) is 37.6 Å². The van der Waals surface area contributed by atoms with Crippen molar-refractivity contribution in [1.82, 2.24) is 10.1 Å². The summed E-state index contributed by atoms with van der Waals surface area (Å²) in [5.74, 6) is 1.71. The predicted octanol–water partition coefficient (Wildman–Crippen LogP) is 1.16. The molecule has 5 heteroatoms. The molecule has 1 aromatic heterocycles. The molecule has 0 aromatic carbocycles. The van der Waals surface area contributed by atoms with Gasteiger partial charge >= 0.3 is 0 Å². The summed E-state index contributed by atoms with van der Waals surface area (Å²) >= 11 is 0. The topological polar surface area (TPSA) is 74.2 Å². The van der Waals surface area contributed by atoms with Crippen LogP contribution >= 0.6 is 0 Å². The fourth-order valence-corrected chi connectivity index (χ4v) is 1.65. The van der Waals surface area contributed by atoms with Gasteiger partial charge in [-0.2, -0.15) is 4.98 Å². The van der Waals surface area contributed by atoms with E-state index in [0.29, 0.717) is 18.3 Å². The molecule has 0 aliphatic heterocycles. The second-order valence-corrected chi connectivity index (χ2v) is 4.43. The van der Waals surface area contributed by atoms with Gasteiger partial charge in [0.2, 0.25) is 5.89 Å². The Morgan fingerprint density at radius 1 is 1.60 bits per heavy atom. The molecular formula is C10H17N3O2. The third-order valence-corrected chi connectivity index (χ3v) is 2.85. The average molecular weight is 211 g/mol. The quantitative estimate of drug-likeness (QED) is 0.808. The van der Waals surface area contributed by atoms with Crippen LogP contribution in [-0.2, 0) is 10.3 Å². The van der Waals surface area contributed by atoms with E-state index in [9.17, 15) is 0 Å². The highest BCUT2D eigenvalue weighted by Crippen LogP contribution is 2.35. The van der Waals surface area contributed by atoms with Crippen LogP contribution in [0.2, 0.25) is 0 Å². The van der Waals surface area contributed by atoms with Crippen LogP contribution in [0, 0.1) is 0 Å². The van der Waals surface area contributed by atoms with Crippen molar-refractivity contribution in [3.8, 4) is 0 Å². The molecule has 0 bridgehead atoms. The van der Waals surface area contributed by atoms with Gasteiger partial charge in [-0.15, -0.1) is 0 Å². The maximum Gasteiger partial charge on any atom is 0.229 e. The molecule has 2 rings (SSSR count). The van der Waals surface area contributed by atoms with Crippen LogP contribution in [0.4, 0.5) is 0 Å². The lowest BCUT2D eigenvalue weighted by atomic mass is 9.85. The average Bonchev–Trinajstić information content (AvgIpc) is 2.50. The molecule has 84 valence electrons. The van der Waals surface area contributed by atoms with Crippen molar-refractivity contribution in [1.29, 1.82) is 0 Å². The molecule has 1 aromatic rings. The predicted molar refractivity (Wildman–Crippen MR) is 54.3 cm³/mol. The van der Waals surface area contributed by atoms with Crippen molar-refractivity contribution in [2.75, 3.05) is 13.7 Å². The van der Waals surface area contributed by atoms with Crippen LogP contribution in [0.15, 0.2) is 4.52 Å². The van der Waals surface area contributed by atoms with Gasteiger partial charge in [0.15, 0.2) is 5.82 Å². The third kappa shape index (κ3) is 2.03. The first-order valence-corrected chi connectivity index (χ1v) is 5.25. The second-order valence-electron chi connectivity index (χ2n) is 4.43. The van der Waals surface area contributed by atoms with Crippen molar-refractivity contribution in [3.05, 3.63) is 11.7 Å². The molecule has 15 heavy (non-hydrogen) atoms. The number of ether oxygens (including phenoxy) is 1. The van der Waals surface area contributed by atoms with Crippen LogP contribution in [0.1, 0.15) is 43.8 Å². The van der Waals surface area contributed by atoms with Gasteiger partial charge in [-0.3, -0.25) is 0 Å². The first-order valence-electron chi connectivity index (χ1n) is 5.25. The van der Waals surface area contributed by atoms with E-state index in [4.69, 9.17) is 15.0 Å². The molecule has 2 N–H and O–H groups in total. The lowest BCUT2D eigenvalue weighted by molar-refractivity contribution is 0.135. The van der Waals surface area contributed by atoms with Gasteiger partial charge in [-0.1, -0.05) is 11.6 Å². The van der Waals surface area contributed by atoms with Gasteiger partial charge < -0.3 is 15.0 Å². The fourth-order valence-electron chi connectivity index (χ4n) is 1.65. The number of aromatic nitrogens is 2. The molecule has 1 saturated carbocycles. The van der Waals surface area contributed by atoms with Crippen molar-refractivity contribution >= 4 is 0 Å². The zero-order chi connectivity index (χ0) is 10.9. The minimum atomic E-state index is -0.666. The van der Waals surface area contributed by atoms with Gasteiger partial charge in [-0.05, 0) is 19.8 Å². The van der Waals surface area contributed by atoms with E-state index in [1.165, 1.54) is 6.42 Å². The largest absolute Gasteiger partial charge is 0.382 e. The second kappa shape index (κ2) is 3.90. The summed E-state index contributed by atoms with van der Waals surface area (Å²) in [6.45, 7) is 2.22. The van der Waals surface area contributed by atoms with E-state index in [-0.39, 0.29) is 0 Å². The molecule has 0 radical (unpaired) electrons. The molecule has 0 amide bonds. The zero-order valence-electron chi connectivity index (χ0n) is 9.19. The Bertz CT molecular complexity index is 331. The summed E-state index contributed by atoms with van der Waals surface area (Å²) in [7, 11) is 1.61. The lowest BCUT2D eigenvalue weighted by Crippen LogP contribution is -2.39. The van der Waals surface area contributed by atoms with Crippen molar-refractivity contribution < 1.29 is 9.26 Å². The molecule has 1 aliphatic rings. The van der Waals surface area contributed by atoms with Crippen LogP contribution in [0.25, 0.3) is 0 Å². The first kappa shape index (κ1) is 10.6. The van der Waals surface area contributed by atoms with Crippen LogP contribution in [0.5, 0.6) is 0 Å². The van der Waals surface area contributed by atoms with E-state index in [1.54, 1.807) is 7.11 Å². The highest BCUT2D eigenvalue weighted by atomic mass is 16.5. The minimum Gasteiger partial charge on any atom is -0.382 e. The van der Waals surface area contributed by atoms with E-state index >= 15 is 0 Å². The van der Waals surface area contributed by atoms with Crippen molar-refractivity contribution in [2.24, 2.45) is 5.73 Å². The van der Waals surface area contributed by atoms with Gasteiger partial charge in [0.05, 0.1) is 6.61 Å². The fraction of sp³-hybridized carbons (Fsp3) is 0.800. The summed E-state index contributed by atoms with van der Waals surface area (Å²) in [6, 6.07) is 0. The van der Waals surface area contributed by atoms with E-state index in [1.807, 2.05) is 6.92 Å². The van der Waals surface area contributed by atoms with Crippen LogP contribution < -0.4 is 5.73 Å². The minimum absolute atomic E-state index is 0.386. The molecule has 1 atom stereocenters. The normalized spacial score (nSPS) is 21.0. The van der Waals surface area contributed by atoms with Crippen LogP contribution in [0.3, 0.4) is 0 Å².